The van der Waals surface area contributed by atoms with Crippen molar-refractivity contribution < 1.29 is 9.50 Å². The van der Waals surface area contributed by atoms with Gasteiger partial charge in [0.25, 0.3) is 0 Å². The number of hydrogen-bond acceptors (Lipinski definition) is 4. The molecular formula is C21H34FN3O. The third kappa shape index (κ3) is 5.26. The third-order valence-electron chi connectivity index (χ3n) is 6.03. The molecule has 2 fully saturated rings. The summed E-state index contributed by atoms with van der Waals surface area (Å²) in [5.74, 6) is 0.457. The van der Waals surface area contributed by atoms with E-state index in [0.717, 1.165) is 69.8 Å². The summed E-state index contributed by atoms with van der Waals surface area (Å²) >= 11 is 0. The number of benzene rings is 1. The van der Waals surface area contributed by atoms with Gasteiger partial charge in [0.1, 0.15) is 5.82 Å². The molecule has 1 aromatic carbocycles. The standard InChI is InChI=1S/C21H34FN3O/c1-17-12-18(14-20(22)13-17)15-24-6-5-21(19(16-24)4-3-11-26)25-9-7-23(2)8-10-25/h12-14,19,21,26H,3-11,15-16H2,1-2H3/t19-,21+/m1/s1. The minimum atomic E-state index is -0.135. The number of likely N-dealkylation sites (N-methyl/N-ethyl adjacent to an activating group) is 1. The molecule has 0 unspecified atom stereocenters. The Labute approximate surface area is 157 Å². The van der Waals surface area contributed by atoms with Crippen molar-refractivity contribution in [2.75, 3.05) is 52.9 Å². The van der Waals surface area contributed by atoms with Crippen LogP contribution in [-0.4, -0.2) is 78.8 Å². The number of nitrogens with zero attached hydrogens (tertiary/aromatic N) is 3. The van der Waals surface area contributed by atoms with E-state index in [1.165, 1.54) is 6.42 Å². The number of likely N-dealkylation sites (tertiary alicyclic amines) is 1. The van der Waals surface area contributed by atoms with Crippen molar-refractivity contribution in [3.8, 4) is 0 Å². The fourth-order valence-electron chi connectivity index (χ4n) is 4.67. The molecule has 2 heterocycles. The van der Waals surface area contributed by atoms with Gasteiger partial charge in [0.2, 0.25) is 0 Å². The second-order valence-electron chi connectivity index (χ2n) is 8.19. The number of halogens is 1. The van der Waals surface area contributed by atoms with Crippen molar-refractivity contribution in [3.63, 3.8) is 0 Å². The van der Waals surface area contributed by atoms with Crippen molar-refractivity contribution >= 4 is 0 Å². The quantitative estimate of drug-likeness (QED) is 0.840. The third-order valence-corrected chi connectivity index (χ3v) is 6.03. The van der Waals surface area contributed by atoms with E-state index in [-0.39, 0.29) is 12.4 Å². The normalized spacial score (nSPS) is 26.3. The molecule has 2 aliphatic rings. The summed E-state index contributed by atoms with van der Waals surface area (Å²) in [5, 5.41) is 9.31. The Morgan fingerprint density at radius 1 is 1.12 bits per heavy atom. The van der Waals surface area contributed by atoms with Crippen LogP contribution in [0.1, 0.15) is 30.4 Å². The van der Waals surface area contributed by atoms with Crippen LogP contribution in [-0.2, 0) is 6.54 Å². The first kappa shape index (κ1) is 19.7. The van der Waals surface area contributed by atoms with Gasteiger partial charge in [-0.25, -0.2) is 4.39 Å². The van der Waals surface area contributed by atoms with E-state index in [0.29, 0.717) is 12.0 Å². The van der Waals surface area contributed by atoms with Gasteiger partial charge in [0, 0.05) is 51.9 Å². The summed E-state index contributed by atoms with van der Waals surface area (Å²) in [7, 11) is 2.20. The van der Waals surface area contributed by atoms with Gasteiger partial charge in [0.15, 0.2) is 0 Å². The largest absolute Gasteiger partial charge is 0.396 e. The summed E-state index contributed by atoms with van der Waals surface area (Å²) in [6.07, 6.45) is 3.13. The van der Waals surface area contributed by atoms with E-state index < -0.39 is 0 Å². The number of piperazine rings is 1. The molecule has 2 aliphatic heterocycles. The van der Waals surface area contributed by atoms with Gasteiger partial charge in [-0.15, -0.1) is 0 Å². The number of rotatable bonds is 6. The highest BCUT2D eigenvalue weighted by Crippen LogP contribution is 2.28. The smallest absolute Gasteiger partial charge is 0.123 e. The molecule has 0 aliphatic carbocycles. The van der Waals surface area contributed by atoms with Crippen molar-refractivity contribution in [3.05, 3.63) is 35.1 Å². The van der Waals surface area contributed by atoms with E-state index >= 15 is 0 Å². The average Bonchev–Trinajstić information content (AvgIpc) is 2.60. The second-order valence-corrected chi connectivity index (χ2v) is 8.19. The second kappa shape index (κ2) is 9.27. The van der Waals surface area contributed by atoms with E-state index in [4.69, 9.17) is 0 Å². The van der Waals surface area contributed by atoms with Gasteiger partial charge in [-0.05, 0) is 69.0 Å². The predicted octanol–water partition coefficient (Wildman–Crippen LogP) is 2.34. The molecule has 146 valence electrons. The van der Waals surface area contributed by atoms with Gasteiger partial charge in [0.05, 0.1) is 0 Å². The van der Waals surface area contributed by atoms with Crippen LogP contribution in [0, 0.1) is 18.7 Å². The van der Waals surface area contributed by atoms with Crippen LogP contribution >= 0.6 is 0 Å². The first-order valence-electron chi connectivity index (χ1n) is 10.1. The van der Waals surface area contributed by atoms with Crippen LogP contribution in [0.4, 0.5) is 4.39 Å². The zero-order chi connectivity index (χ0) is 18.5. The zero-order valence-electron chi connectivity index (χ0n) is 16.3. The lowest BCUT2D eigenvalue weighted by Gasteiger charge is -2.46. The maximum atomic E-state index is 13.7. The molecular weight excluding hydrogens is 329 g/mol. The number of piperidine rings is 1. The fraction of sp³-hybridized carbons (Fsp3) is 0.714. The monoisotopic (exact) mass is 363 g/mol. The zero-order valence-corrected chi connectivity index (χ0v) is 16.3. The Morgan fingerprint density at radius 3 is 2.58 bits per heavy atom. The molecule has 0 saturated carbocycles. The minimum Gasteiger partial charge on any atom is -0.396 e. The molecule has 0 aromatic heterocycles. The summed E-state index contributed by atoms with van der Waals surface area (Å²) in [4.78, 5) is 7.55. The molecule has 0 radical (unpaired) electrons. The van der Waals surface area contributed by atoms with Crippen LogP contribution in [0.2, 0.25) is 0 Å². The maximum Gasteiger partial charge on any atom is 0.123 e. The molecule has 3 rings (SSSR count). The molecule has 0 bridgehead atoms. The lowest BCUT2D eigenvalue weighted by molar-refractivity contribution is 0.0211. The van der Waals surface area contributed by atoms with Crippen LogP contribution < -0.4 is 0 Å². The first-order chi connectivity index (χ1) is 12.5. The van der Waals surface area contributed by atoms with Gasteiger partial charge >= 0.3 is 0 Å². The highest BCUT2D eigenvalue weighted by Gasteiger charge is 2.33. The highest BCUT2D eigenvalue weighted by molar-refractivity contribution is 5.23. The van der Waals surface area contributed by atoms with Crippen LogP contribution in [0.5, 0.6) is 0 Å². The van der Waals surface area contributed by atoms with Crippen molar-refractivity contribution in [1.29, 1.82) is 0 Å². The Kier molecular flexibility index (Phi) is 7.04. The number of hydrogen-bond donors (Lipinski definition) is 1. The predicted molar refractivity (Wildman–Crippen MR) is 104 cm³/mol. The van der Waals surface area contributed by atoms with Crippen LogP contribution in [0.3, 0.4) is 0 Å². The number of aliphatic hydroxyl groups is 1. The van der Waals surface area contributed by atoms with Gasteiger partial charge < -0.3 is 10.0 Å². The molecule has 26 heavy (non-hydrogen) atoms. The first-order valence-corrected chi connectivity index (χ1v) is 10.1. The topological polar surface area (TPSA) is 30.0 Å². The SMILES string of the molecule is Cc1cc(F)cc(CN2CC[C@H](N3CCN(C)CC3)[C@H](CCCO)C2)c1. The van der Waals surface area contributed by atoms with Crippen molar-refractivity contribution in [1.82, 2.24) is 14.7 Å². The summed E-state index contributed by atoms with van der Waals surface area (Å²) in [6.45, 7) is 9.77. The Hall–Kier alpha value is -1.01. The fourth-order valence-corrected chi connectivity index (χ4v) is 4.67. The van der Waals surface area contributed by atoms with Crippen LogP contribution in [0.25, 0.3) is 0 Å². The summed E-state index contributed by atoms with van der Waals surface area (Å²) < 4.78 is 13.7. The average molecular weight is 364 g/mol. The van der Waals surface area contributed by atoms with Gasteiger partial charge in [-0.3, -0.25) is 9.80 Å². The molecule has 5 heteroatoms. The van der Waals surface area contributed by atoms with E-state index in [1.807, 2.05) is 6.92 Å². The Morgan fingerprint density at radius 2 is 1.88 bits per heavy atom. The van der Waals surface area contributed by atoms with Crippen LogP contribution in [0.15, 0.2) is 18.2 Å². The number of aliphatic hydroxyl groups excluding tert-OH is 1. The highest BCUT2D eigenvalue weighted by atomic mass is 19.1. The lowest BCUT2D eigenvalue weighted by atomic mass is 9.86. The molecule has 0 amide bonds. The Balaban J connectivity index is 1.63. The van der Waals surface area contributed by atoms with Crippen molar-refractivity contribution in [2.45, 2.75) is 38.8 Å². The molecule has 4 nitrogen and oxygen atoms in total. The van der Waals surface area contributed by atoms with E-state index in [1.54, 1.807) is 12.1 Å². The van der Waals surface area contributed by atoms with E-state index in [9.17, 15) is 9.50 Å². The molecule has 2 saturated heterocycles. The van der Waals surface area contributed by atoms with E-state index in [2.05, 4.69) is 27.8 Å². The van der Waals surface area contributed by atoms with Gasteiger partial charge in [-0.1, -0.05) is 6.07 Å². The molecule has 1 N–H and O–H groups in total. The maximum absolute atomic E-state index is 13.7. The lowest BCUT2D eigenvalue weighted by Crippen LogP contribution is -2.56. The van der Waals surface area contributed by atoms with Gasteiger partial charge in [-0.2, -0.15) is 0 Å². The molecule has 1 aromatic rings. The van der Waals surface area contributed by atoms with Crippen molar-refractivity contribution in [2.24, 2.45) is 5.92 Å². The molecule has 0 spiro atoms. The number of aryl methyl sites for hydroxylation is 1. The Bertz CT molecular complexity index is 554. The summed E-state index contributed by atoms with van der Waals surface area (Å²) in [5.41, 5.74) is 2.06. The minimum absolute atomic E-state index is 0.135. The molecule has 2 atom stereocenters. The summed E-state index contributed by atoms with van der Waals surface area (Å²) in [6, 6.07) is 5.98.